The number of aliphatic carboxylic acids is 1. The zero-order valence-electron chi connectivity index (χ0n) is 16.9. The molecule has 0 aliphatic heterocycles. The first-order valence-electron chi connectivity index (χ1n) is 9.40. The van der Waals surface area contributed by atoms with Gasteiger partial charge >= 0.3 is 12.3 Å². The van der Waals surface area contributed by atoms with Crippen molar-refractivity contribution in [3.8, 4) is 5.75 Å². The largest absolute Gasteiger partial charge is 0.573 e. The number of benzene rings is 2. The Bertz CT molecular complexity index is 1210. The van der Waals surface area contributed by atoms with Crippen molar-refractivity contribution < 1.29 is 36.2 Å². The lowest BCUT2D eigenvalue weighted by Crippen LogP contribution is -2.39. The van der Waals surface area contributed by atoms with Gasteiger partial charge in [-0.1, -0.05) is 36.4 Å². The molecule has 1 unspecified atom stereocenters. The Labute approximate surface area is 182 Å². The van der Waals surface area contributed by atoms with Gasteiger partial charge in [0, 0.05) is 24.6 Å². The smallest absolute Gasteiger partial charge is 0.481 e. The predicted octanol–water partition coefficient (Wildman–Crippen LogP) is 4.07. The molecule has 1 aromatic heterocycles. The molecule has 0 aliphatic rings. The van der Waals surface area contributed by atoms with Gasteiger partial charge in [-0.2, -0.15) is 0 Å². The summed E-state index contributed by atoms with van der Waals surface area (Å²) in [7, 11) is -3.94. The number of sulfone groups is 1. The molecule has 2 aromatic carbocycles. The highest BCUT2D eigenvalue weighted by Gasteiger charge is 2.45. The van der Waals surface area contributed by atoms with Gasteiger partial charge in [-0.3, -0.25) is 4.79 Å². The maximum Gasteiger partial charge on any atom is 0.573 e. The maximum absolute atomic E-state index is 13.3. The van der Waals surface area contributed by atoms with Gasteiger partial charge in [-0.15, -0.1) is 13.2 Å². The summed E-state index contributed by atoms with van der Waals surface area (Å²) < 4.78 is 66.8. The Morgan fingerprint density at radius 3 is 2.31 bits per heavy atom. The van der Waals surface area contributed by atoms with Gasteiger partial charge in [-0.05, 0) is 41.0 Å². The monoisotopic (exact) mass is 467 g/mol. The van der Waals surface area contributed by atoms with E-state index in [0.29, 0.717) is 16.8 Å². The lowest BCUT2D eigenvalue weighted by atomic mass is 9.87. The molecule has 0 amide bonds. The van der Waals surface area contributed by atoms with Crippen molar-refractivity contribution in [1.29, 1.82) is 0 Å². The Morgan fingerprint density at radius 2 is 1.72 bits per heavy atom. The van der Waals surface area contributed by atoms with E-state index in [9.17, 15) is 26.4 Å². The van der Waals surface area contributed by atoms with E-state index in [1.54, 1.807) is 36.5 Å². The van der Waals surface area contributed by atoms with Crippen molar-refractivity contribution in [3.63, 3.8) is 0 Å². The molecule has 10 heteroatoms. The molecule has 0 radical (unpaired) electrons. The number of alkyl halides is 3. The number of ether oxygens (including phenoxy) is 1. The zero-order valence-corrected chi connectivity index (χ0v) is 17.7. The number of aromatic nitrogens is 1. The Hall–Kier alpha value is -3.27. The maximum atomic E-state index is 13.3. The Kier molecular flexibility index (Phi) is 6.36. The van der Waals surface area contributed by atoms with Crippen LogP contribution in [0.1, 0.15) is 22.4 Å². The molecular weight excluding hydrogens is 447 g/mol. The minimum atomic E-state index is -4.89. The summed E-state index contributed by atoms with van der Waals surface area (Å²) in [5, 5.41) is 9.13. The first-order valence-corrected chi connectivity index (χ1v) is 11.3. The van der Waals surface area contributed by atoms with Crippen molar-refractivity contribution in [3.05, 3.63) is 89.2 Å². The SMILES string of the molecule is CS(=O)(=O)C(Cc1cccc(OC(F)(F)F)c1)(c1cccc(CC(=O)O)c1)c1ccc[nH]1. The molecule has 1 heterocycles. The lowest BCUT2D eigenvalue weighted by molar-refractivity contribution is -0.274. The second kappa shape index (κ2) is 8.70. The normalized spacial score (nSPS) is 14.0. The van der Waals surface area contributed by atoms with E-state index in [0.717, 1.165) is 18.4 Å². The van der Waals surface area contributed by atoms with Crippen molar-refractivity contribution in [1.82, 2.24) is 4.98 Å². The summed E-state index contributed by atoms with van der Waals surface area (Å²) in [5.74, 6) is -1.55. The zero-order chi connectivity index (χ0) is 23.6. The van der Waals surface area contributed by atoms with Gasteiger partial charge in [0.15, 0.2) is 9.84 Å². The molecule has 0 aliphatic carbocycles. The van der Waals surface area contributed by atoms with Gasteiger partial charge in [0.2, 0.25) is 0 Å². The second-order valence-corrected chi connectivity index (χ2v) is 9.57. The molecule has 6 nitrogen and oxygen atoms in total. The second-order valence-electron chi connectivity index (χ2n) is 7.33. The average Bonchev–Trinajstić information content (AvgIpc) is 3.18. The van der Waals surface area contributed by atoms with Crippen molar-refractivity contribution >= 4 is 15.8 Å². The number of carboxylic acids is 1. The van der Waals surface area contributed by atoms with Gasteiger partial charge in [0.05, 0.1) is 6.42 Å². The number of H-pyrrole nitrogens is 1. The third-order valence-corrected chi connectivity index (χ3v) is 6.87. The van der Waals surface area contributed by atoms with E-state index in [1.807, 2.05) is 0 Å². The first kappa shape index (κ1) is 23.4. The van der Waals surface area contributed by atoms with E-state index < -0.39 is 32.7 Å². The standard InChI is InChI=1S/C22H20F3NO5S/c1-32(29,30)21(19-9-4-10-26-19,17-7-2-5-15(11-17)13-20(27)28)14-16-6-3-8-18(12-16)31-22(23,24)25/h2-12,26H,13-14H2,1H3,(H,27,28). The number of hydrogen-bond acceptors (Lipinski definition) is 4. The number of hydrogen-bond donors (Lipinski definition) is 2. The van der Waals surface area contributed by atoms with E-state index >= 15 is 0 Å². The van der Waals surface area contributed by atoms with Gasteiger partial charge in [0.25, 0.3) is 0 Å². The quantitative estimate of drug-likeness (QED) is 0.521. The van der Waals surface area contributed by atoms with E-state index in [1.165, 1.54) is 18.2 Å². The van der Waals surface area contributed by atoms with E-state index in [-0.39, 0.29) is 18.4 Å². The third kappa shape index (κ3) is 5.13. The summed E-state index contributed by atoms with van der Waals surface area (Å²) in [6.07, 6.45) is -2.84. The summed E-state index contributed by atoms with van der Waals surface area (Å²) in [5.41, 5.74) is 1.28. The Balaban J connectivity index is 2.19. The highest BCUT2D eigenvalue weighted by Crippen LogP contribution is 2.41. The minimum absolute atomic E-state index is 0.210. The first-order chi connectivity index (χ1) is 14.9. The number of carbonyl (C=O) groups is 1. The van der Waals surface area contributed by atoms with Crippen LogP contribution in [0.4, 0.5) is 13.2 Å². The molecular formula is C22H20F3NO5S. The van der Waals surface area contributed by atoms with Crippen molar-refractivity contribution in [2.75, 3.05) is 6.26 Å². The van der Waals surface area contributed by atoms with Crippen LogP contribution < -0.4 is 4.74 Å². The van der Waals surface area contributed by atoms with Gasteiger partial charge in [0.1, 0.15) is 10.5 Å². The van der Waals surface area contributed by atoms with Crippen LogP contribution in [0.15, 0.2) is 66.9 Å². The molecule has 0 saturated carbocycles. The summed E-state index contributed by atoms with van der Waals surface area (Å²) in [4.78, 5) is 14.1. The highest BCUT2D eigenvalue weighted by molar-refractivity contribution is 7.91. The van der Waals surface area contributed by atoms with Crippen LogP contribution in [-0.4, -0.2) is 37.1 Å². The number of rotatable bonds is 8. The summed E-state index contributed by atoms with van der Waals surface area (Å²) >= 11 is 0. The van der Waals surface area contributed by atoms with E-state index in [2.05, 4.69) is 9.72 Å². The molecule has 0 saturated heterocycles. The van der Waals surface area contributed by atoms with Crippen LogP contribution >= 0.6 is 0 Å². The third-order valence-electron chi connectivity index (χ3n) is 5.00. The lowest BCUT2D eigenvalue weighted by Gasteiger charge is -2.32. The molecule has 170 valence electrons. The molecule has 0 spiro atoms. The number of aromatic amines is 1. The van der Waals surface area contributed by atoms with Crippen LogP contribution in [0.3, 0.4) is 0 Å². The van der Waals surface area contributed by atoms with Crippen molar-refractivity contribution in [2.45, 2.75) is 24.0 Å². The molecule has 3 rings (SSSR count). The van der Waals surface area contributed by atoms with Crippen LogP contribution in [0.5, 0.6) is 5.75 Å². The van der Waals surface area contributed by atoms with Crippen LogP contribution in [0.25, 0.3) is 0 Å². The number of halogens is 3. The predicted molar refractivity (Wildman–Crippen MR) is 111 cm³/mol. The van der Waals surface area contributed by atoms with Gasteiger partial charge < -0.3 is 14.8 Å². The molecule has 32 heavy (non-hydrogen) atoms. The molecule has 2 N–H and O–H groups in total. The van der Waals surface area contributed by atoms with Crippen LogP contribution in [0, 0.1) is 0 Å². The number of carboxylic acid groups (broad SMARTS) is 1. The van der Waals surface area contributed by atoms with Crippen LogP contribution in [0.2, 0.25) is 0 Å². The average molecular weight is 467 g/mol. The topological polar surface area (TPSA) is 96.5 Å². The van der Waals surface area contributed by atoms with E-state index in [4.69, 9.17) is 5.11 Å². The fraction of sp³-hybridized carbons (Fsp3) is 0.227. The number of nitrogens with one attached hydrogen (secondary N) is 1. The molecule has 1 atom stereocenters. The Morgan fingerprint density at radius 1 is 1.03 bits per heavy atom. The van der Waals surface area contributed by atoms with Crippen molar-refractivity contribution in [2.24, 2.45) is 0 Å². The molecule has 0 fully saturated rings. The summed E-state index contributed by atoms with van der Waals surface area (Å²) in [6.45, 7) is 0. The highest BCUT2D eigenvalue weighted by atomic mass is 32.2. The summed E-state index contributed by atoms with van der Waals surface area (Å²) in [6, 6.07) is 14.5. The minimum Gasteiger partial charge on any atom is -0.481 e. The molecule has 0 bridgehead atoms. The van der Waals surface area contributed by atoms with Gasteiger partial charge in [-0.25, -0.2) is 8.42 Å². The van der Waals surface area contributed by atoms with Crippen LogP contribution in [-0.2, 0) is 32.2 Å². The fourth-order valence-electron chi connectivity index (χ4n) is 3.73. The fourth-order valence-corrected chi connectivity index (χ4v) is 5.24. The molecule has 3 aromatic rings.